The number of benzene rings is 2. The Morgan fingerprint density at radius 2 is 1.76 bits per heavy atom. The number of carbonyl (C=O) groups excluding carboxylic acids is 2. The molecule has 2 aliphatic rings. The molecule has 0 aliphatic carbocycles. The smallest absolute Gasteiger partial charge is 0.254 e. The van der Waals surface area contributed by atoms with E-state index in [2.05, 4.69) is 11.9 Å². The number of piperazine rings is 1. The second-order valence-corrected chi connectivity index (χ2v) is 9.67. The van der Waals surface area contributed by atoms with Gasteiger partial charge in [-0.25, -0.2) is 0 Å². The van der Waals surface area contributed by atoms with Gasteiger partial charge in [-0.2, -0.15) is 0 Å². The minimum atomic E-state index is -0.943. The van der Waals surface area contributed by atoms with E-state index in [0.29, 0.717) is 42.6 Å². The molecule has 182 valence electrons. The average molecular weight is 486 g/mol. The lowest BCUT2D eigenvalue weighted by molar-refractivity contribution is -0.154. The van der Waals surface area contributed by atoms with Crippen LogP contribution in [-0.2, 0) is 9.53 Å². The van der Waals surface area contributed by atoms with Crippen molar-refractivity contribution in [1.29, 1.82) is 0 Å². The molecule has 0 aromatic heterocycles. The lowest BCUT2D eigenvalue weighted by Crippen LogP contribution is -2.59. The summed E-state index contributed by atoms with van der Waals surface area (Å²) in [4.78, 5) is 32.4. The summed E-state index contributed by atoms with van der Waals surface area (Å²) in [5.41, 5.74) is 0.782. The van der Waals surface area contributed by atoms with Crippen LogP contribution in [-0.4, -0.2) is 91.6 Å². The number of likely N-dealkylation sites (N-methyl/N-ethyl adjacent to an activating group) is 1. The Hall–Kier alpha value is -2.61. The maximum Gasteiger partial charge on any atom is 0.254 e. The zero-order valence-corrected chi connectivity index (χ0v) is 20.6. The molecule has 0 spiro atoms. The zero-order valence-electron chi connectivity index (χ0n) is 19.8. The van der Waals surface area contributed by atoms with E-state index in [1.165, 1.54) is 0 Å². The van der Waals surface area contributed by atoms with Crippen molar-refractivity contribution in [2.24, 2.45) is 0 Å². The molecule has 7 nitrogen and oxygen atoms in total. The third-order valence-corrected chi connectivity index (χ3v) is 6.70. The van der Waals surface area contributed by atoms with Gasteiger partial charge in [0.25, 0.3) is 5.91 Å². The lowest BCUT2D eigenvalue weighted by Gasteiger charge is -2.43. The average Bonchev–Trinajstić information content (AvgIpc) is 2.83. The summed E-state index contributed by atoms with van der Waals surface area (Å²) >= 11 is 6.11. The minimum Gasteiger partial charge on any atom is -0.490 e. The van der Waals surface area contributed by atoms with Crippen LogP contribution in [0.2, 0.25) is 5.02 Å². The summed E-state index contributed by atoms with van der Waals surface area (Å²) in [6, 6.07) is 14.7. The molecule has 8 heteroatoms. The Morgan fingerprint density at radius 1 is 1.03 bits per heavy atom. The van der Waals surface area contributed by atoms with Crippen molar-refractivity contribution in [3.8, 4) is 5.75 Å². The predicted octanol–water partition coefficient (Wildman–Crippen LogP) is 3.10. The number of morpholine rings is 1. The van der Waals surface area contributed by atoms with E-state index >= 15 is 0 Å². The summed E-state index contributed by atoms with van der Waals surface area (Å²) in [5, 5.41) is 0.570. The van der Waals surface area contributed by atoms with Crippen LogP contribution in [0.3, 0.4) is 0 Å². The van der Waals surface area contributed by atoms with Gasteiger partial charge in [-0.05, 0) is 44.3 Å². The standard InChI is InChI=1S/C26H32ClN3O4/c1-20-6-8-21(9-7-20)25(32)30-14-15-34-26(18-30,19-33-23-5-3-4-22(27)16-23)17-24(31)29-12-10-28(2)11-13-29/h3-9,16H,10-15,17-19H2,1-2H3. The Balaban J connectivity index is 1.52. The van der Waals surface area contributed by atoms with Gasteiger partial charge in [-0.1, -0.05) is 35.4 Å². The van der Waals surface area contributed by atoms with Gasteiger partial charge >= 0.3 is 0 Å². The molecule has 34 heavy (non-hydrogen) atoms. The van der Waals surface area contributed by atoms with E-state index < -0.39 is 5.60 Å². The van der Waals surface area contributed by atoms with Crippen molar-refractivity contribution in [2.75, 3.05) is 59.5 Å². The molecule has 2 amide bonds. The van der Waals surface area contributed by atoms with E-state index in [4.69, 9.17) is 21.1 Å². The van der Waals surface area contributed by atoms with Gasteiger partial charge in [0.1, 0.15) is 18.0 Å². The van der Waals surface area contributed by atoms with Crippen molar-refractivity contribution < 1.29 is 19.1 Å². The number of aryl methyl sites for hydroxylation is 1. The first-order valence-electron chi connectivity index (χ1n) is 11.7. The molecule has 2 aromatic rings. The number of halogens is 1. The van der Waals surface area contributed by atoms with E-state index in [1.807, 2.05) is 48.2 Å². The highest BCUT2D eigenvalue weighted by molar-refractivity contribution is 6.30. The van der Waals surface area contributed by atoms with Crippen molar-refractivity contribution in [3.63, 3.8) is 0 Å². The van der Waals surface area contributed by atoms with Crippen LogP contribution in [0.1, 0.15) is 22.3 Å². The number of ether oxygens (including phenoxy) is 2. The third kappa shape index (κ3) is 6.09. The van der Waals surface area contributed by atoms with E-state index in [9.17, 15) is 9.59 Å². The van der Waals surface area contributed by atoms with Crippen LogP contribution in [0.15, 0.2) is 48.5 Å². The summed E-state index contributed by atoms with van der Waals surface area (Å²) in [6.07, 6.45) is 0.148. The van der Waals surface area contributed by atoms with Gasteiger partial charge in [0.2, 0.25) is 5.91 Å². The molecule has 1 atom stereocenters. The van der Waals surface area contributed by atoms with E-state index in [-0.39, 0.29) is 31.4 Å². The highest BCUT2D eigenvalue weighted by Crippen LogP contribution is 2.27. The van der Waals surface area contributed by atoms with Crippen LogP contribution in [0.25, 0.3) is 0 Å². The lowest BCUT2D eigenvalue weighted by atomic mass is 9.96. The van der Waals surface area contributed by atoms with Gasteiger partial charge in [0, 0.05) is 43.3 Å². The molecule has 2 aromatic carbocycles. The first-order valence-corrected chi connectivity index (χ1v) is 12.1. The molecule has 2 fully saturated rings. The van der Waals surface area contributed by atoms with E-state index in [0.717, 1.165) is 18.7 Å². The van der Waals surface area contributed by atoms with Gasteiger partial charge in [-0.3, -0.25) is 9.59 Å². The maximum atomic E-state index is 13.3. The minimum absolute atomic E-state index is 0.0208. The third-order valence-electron chi connectivity index (χ3n) is 6.46. The van der Waals surface area contributed by atoms with Crippen molar-refractivity contribution >= 4 is 23.4 Å². The fourth-order valence-corrected chi connectivity index (χ4v) is 4.54. The molecule has 2 aliphatic heterocycles. The van der Waals surface area contributed by atoms with Crippen molar-refractivity contribution in [2.45, 2.75) is 18.9 Å². The van der Waals surface area contributed by atoms with Gasteiger partial charge in [0.05, 0.1) is 19.6 Å². The number of nitrogens with zero attached hydrogens (tertiary/aromatic N) is 3. The molecule has 2 saturated heterocycles. The van der Waals surface area contributed by atoms with Crippen molar-refractivity contribution in [1.82, 2.24) is 14.7 Å². The molecule has 1 unspecified atom stereocenters. The number of hydrogen-bond acceptors (Lipinski definition) is 5. The quantitative estimate of drug-likeness (QED) is 0.629. The second kappa shape index (κ2) is 10.8. The summed E-state index contributed by atoms with van der Waals surface area (Å²) in [5.74, 6) is 0.555. The molecule has 0 bridgehead atoms. The molecular formula is C26H32ClN3O4. The summed E-state index contributed by atoms with van der Waals surface area (Å²) in [7, 11) is 2.06. The first-order chi connectivity index (χ1) is 16.3. The fourth-order valence-electron chi connectivity index (χ4n) is 4.36. The Morgan fingerprint density at radius 3 is 2.47 bits per heavy atom. The number of carbonyl (C=O) groups is 2. The maximum absolute atomic E-state index is 13.3. The largest absolute Gasteiger partial charge is 0.490 e. The Labute approximate surface area is 206 Å². The van der Waals surface area contributed by atoms with Crippen LogP contribution in [0.4, 0.5) is 0 Å². The molecular weight excluding hydrogens is 454 g/mol. The van der Waals surface area contributed by atoms with Gasteiger partial charge in [0.15, 0.2) is 0 Å². The predicted molar refractivity (Wildman–Crippen MR) is 131 cm³/mol. The fraction of sp³-hybridized carbons (Fsp3) is 0.462. The van der Waals surface area contributed by atoms with Gasteiger partial charge < -0.3 is 24.2 Å². The molecule has 2 heterocycles. The SMILES string of the molecule is Cc1ccc(C(=O)N2CCOC(COc3cccc(Cl)c3)(CC(=O)N3CCN(C)CC3)C2)cc1. The Kier molecular flexibility index (Phi) is 7.76. The van der Waals surface area contributed by atoms with Crippen LogP contribution >= 0.6 is 11.6 Å². The normalized spacial score (nSPS) is 21.4. The first kappa shape index (κ1) is 24.5. The van der Waals surface area contributed by atoms with Crippen LogP contribution in [0, 0.1) is 6.92 Å². The highest BCUT2D eigenvalue weighted by atomic mass is 35.5. The van der Waals surface area contributed by atoms with Crippen LogP contribution in [0.5, 0.6) is 5.75 Å². The summed E-state index contributed by atoms with van der Waals surface area (Å²) < 4.78 is 12.3. The monoisotopic (exact) mass is 485 g/mol. The number of rotatable bonds is 6. The molecule has 0 saturated carbocycles. The number of amides is 2. The highest BCUT2D eigenvalue weighted by Gasteiger charge is 2.42. The topological polar surface area (TPSA) is 62.3 Å². The number of hydrogen-bond donors (Lipinski definition) is 0. The van der Waals surface area contributed by atoms with Gasteiger partial charge in [-0.15, -0.1) is 0 Å². The van der Waals surface area contributed by atoms with Crippen LogP contribution < -0.4 is 4.74 Å². The molecule has 0 radical (unpaired) electrons. The Bertz CT molecular complexity index is 1010. The van der Waals surface area contributed by atoms with E-state index in [1.54, 1.807) is 17.0 Å². The zero-order chi connectivity index (χ0) is 24.1. The summed E-state index contributed by atoms with van der Waals surface area (Å²) in [6.45, 7) is 6.28. The molecule has 0 N–H and O–H groups in total. The van der Waals surface area contributed by atoms with Crippen molar-refractivity contribution in [3.05, 3.63) is 64.7 Å². The molecule has 4 rings (SSSR count). The second-order valence-electron chi connectivity index (χ2n) is 9.23.